The first-order valence-electron chi connectivity index (χ1n) is 8.95. The lowest BCUT2D eigenvalue weighted by Crippen LogP contribution is -2.41. The Labute approximate surface area is 172 Å². The van der Waals surface area contributed by atoms with Crippen molar-refractivity contribution in [1.82, 2.24) is 19.7 Å². The van der Waals surface area contributed by atoms with Gasteiger partial charge in [-0.25, -0.2) is 0 Å². The molecule has 28 heavy (non-hydrogen) atoms. The lowest BCUT2D eigenvalue weighted by atomic mass is 10.2. The summed E-state index contributed by atoms with van der Waals surface area (Å²) in [5, 5.41) is 12.2. The molecule has 1 aromatic heterocycles. The third kappa shape index (κ3) is 5.46. The van der Waals surface area contributed by atoms with Crippen LogP contribution in [0.4, 0.5) is 5.69 Å². The van der Waals surface area contributed by atoms with E-state index in [9.17, 15) is 9.59 Å². The normalized spacial score (nSPS) is 14.1. The zero-order valence-corrected chi connectivity index (χ0v) is 17.1. The smallest absolute Gasteiger partial charge is 0.233 e. The predicted octanol–water partition coefficient (Wildman–Crippen LogP) is 1.99. The molecular weight excluding hydrogens is 402 g/mol. The number of aryl methyl sites for hydroxylation is 1. The topological polar surface area (TPSA) is 89.3 Å². The number of para-hydroxylation sites is 1. The van der Waals surface area contributed by atoms with Crippen LogP contribution >= 0.6 is 23.4 Å². The number of anilines is 1. The fourth-order valence-electron chi connectivity index (χ4n) is 2.72. The first-order valence-corrected chi connectivity index (χ1v) is 10.3. The number of hydrogen-bond acceptors (Lipinski definition) is 6. The van der Waals surface area contributed by atoms with Gasteiger partial charge in [0.05, 0.1) is 29.7 Å². The third-order valence-corrected chi connectivity index (χ3v) is 5.67. The molecule has 1 aliphatic rings. The number of carbonyl (C=O) groups is 2. The summed E-state index contributed by atoms with van der Waals surface area (Å²) in [6, 6.07) is 7.09. The first kappa shape index (κ1) is 20.6. The van der Waals surface area contributed by atoms with E-state index in [1.54, 1.807) is 23.1 Å². The van der Waals surface area contributed by atoms with E-state index >= 15 is 0 Å². The van der Waals surface area contributed by atoms with Crippen LogP contribution in [-0.2, 0) is 27.8 Å². The summed E-state index contributed by atoms with van der Waals surface area (Å²) < 4.78 is 7.08. The number of thioether (sulfide) groups is 1. The number of carbonyl (C=O) groups excluding carboxylic acids is 2. The van der Waals surface area contributed by atoms with Crippen LogP contribution in [0.1, 0.15) is 12.2 Å². The van der Waals surface area contributed by atoms with Gasteiger partial charge in [-0.05, 0) is 12.1 Å². The largest absolute Gasteiger partial charge is 0.378 e. The molecule has 0 bridgehead atoms. The van der Waals surface area contributed by atoms with Crippen LogP contribution in [-0.4, -0.2) is 63.5 Å². The SMILES string of the molecule is Cn1c(CCC(=O)Nc2ccccc2Cl)nnc1SCC(=O)N1CCOCC1. The number of nitrogens with one attached hydrogen (secondary N) is 1. The summed E-state index contributed by atoms with van der Waals surface area (Å²) in [5.41, 5.74) is 0.588. The van der Waals surface area contributed by atoms with Crippen molar-refractivity contribution in [2.75, 3.05) is 37.4 Å². The standard InChI is InChI=1S/C18H22ClN5O3S/c1-23-15(6-7-16(25)20-14-5-3-2-4-13(14)19)21-22-18(23)28-12-17(26)24-8-10-27-11-9-24/h2-5H,6-12H2,1H3,(H,20,25). The molecule has 150 valence electrons. The molecule has 1 fully saturated rings. The Morgan fingerprint density at radius 3 is 2.75 bits per heavy atom. The van der Waals surface area contributed by atoms with E-state index < -0.39 is 0 Å². The van der Waals surface area contributed by atoms with Crippen molar-refractivity contribution in [3.05, 3.63) is 35.1 Å². The second kappa shape index (κ2) is 9.90. The molecule has 2 amide bonds. The van der Waals surface area contributed by atoms with Gasteiger partial charge in [0.25, 0.3) is 0 Å². The predicted molar refractivity (Wildman–Crippen MR) is 108 cm³/mol. The van der Waals surface area contributed by atoms with Crippen molar-refractivity contribution >= 4 is 40.9 Å². The molecule has 1 aliphatic heterocycles. The molecule has 1 aromatic carbocycles. The first-order chi connectivity index (χ1) is 13.5. The molecule has 2 aromatic rings. The van der Waals surface area contributed by atoms with Crippen molar-refractivity contribution in [3.63, 3.8) is 0 Å². The van der Waals surface area contributed by atoms with Gasteiger partial charge < -0.3 is 19.5 Å². The van der Waals surface area contributed by atoms with E-state index in [1.165, 1.54) is 11.8 Å². The Morgan fingerprint density at radius 1 is 1.25 bits per heavy atom. The minimum Gasteiger partial charge on any atom is -0.378 e. The second-order valence-corrected chi connectivity index (χ2v) is 7.62. The highest BCUT2D eigenvalue weighted by molar-refractivity contribution is 7.99. The van der Waals surface area contributed by atoms with E-state index in [0.717, 1.165) is 0 Å². The molecule has 0 atom stereocenters. The van der Waals surface area contributed by atoms with Gasteiger partial charge in [0.1, 0.15) is 5.82 Å². The van der Waals surface area contributed by atoms with Gasteiger partial charge in [0, 0.05) is 33.0 Å². The van der Waals surface area contributed by atoms with E-state index in [1.807, 2.05) is 17.7 Å². The quantitative estimate of drug-likeness (QED) is 0.685. The Hall–Kier alpha value is -2.10. The summed E-state index contributed by atoms with van der Waals surface area (Å²) in [6.07, 6.45) is 0.701. The highest BCUT2D eigenvalue weighted by Crippen LogP contribution is 2.21. The van der Waals surface area contributed by atoms with Crippen LogP contribution in [0.15, 0.2) is 29.4 Å². The average molecular weight is 424 g/mol. The van der Waals surface area contributed by atoms with Crippen LogP contribution in [0.5, 0.6) is 0 Å². The molecule has 3 rings (SSSR count). The zero-order valence-electron chi connectivity index (χ0n) is 15.6. The number of nitrogens with zero attached hydrogens (tertiary/aromatic N) is 4. The average Bonchev–Trinajstić information content (AvgIpc) is 3.06. The maximum Gasteiger partial charge on any atom is 0.233 e. The van der Waals surface area contributed by atoms with Crippen molar-refractivity contribution < 1.29 is 14.3 Å². The van der Waals surface area contributed by atoms with Gasteiger partial charge in [0.2, 0.25) is 11.8 Å². The Balaban J connectivity index is 1.48. The number of morpholine rings is 1. The van der Waals surface area contributed by atoms with Crippen LogP contribution < -0.4 is 5.32 Å². The van der Waals surface area contributed by atoms with Crippen LogP contribution in [0.25, 0.3) is 0 Å². The minimum atomic E-state index is -0.146. The molecule has 0 unspecified atom stereocenters. The minimum absolute atomic E-state index is 0.0666. The molecule has 0 radical (unpaired) electrons. The molecule has 2 heterocycles. The lowest BCUT2D eigenvalue weighted by molar-refractivity contribution is -0.132. The van der Waals surface area contributed by atoms with Gasteiger partial charge in [-0.2, -0.15) is 0 Å². The van der Waals surface area contributed by atoms with Gasteiger partial charge in [0.15, 0.2) is 5.16 Å². The third-order valence-electron chi connectivity index (χ3n) is 4.34. The number of benzene rings is 1. The maximum atomic E-state index is 12.2. The van der Waals surface area contributed by atoms with E-state index in [0.29, 0.717) is 60.2 Å². The number of rotatable bonds is 7. The Morgan fingerprint density at radius 2 is 2.00 bits per heavy atom. The Kier molecular flexibility index (Phi) is 7.30. The molecule has 0 spiro atoms. The maximum absolute atomic E-state index is 12.2. The molecule has 1 saturated heterocycles. The molecule has 0 saturated carbocycles. The van der Waals surface area contributed by atoms with Crippen LogP contribution in [0, 0.1) is 0 Å². The Bertz CT molecular complexity index is 838. The molecule has 1 N–H and O–H groups in total. The van der Waals surface area contributed by atoms with Gasteiger partial charge in [-0.1, -0.05) is 35.5 Å². The summed E-state index contributed by atoms with van der Waals surface area (Å²) in [5.74, 6) is 0.916. The fraction of sp³-hybridized carbons (Fsp3) is 0.444. The number of amides is 2. The zero-order chi connectivity index (χ0) is 19.9. The van der Waals surface area contributed by atoms with Crippen LogP contribution in [0.3, 0.4) is 0 Å². The van der Waals surface area contributed by atoms with Crippen molar-refractivity contribution in [2.45, 2.75) is 18.0 Å². The van der Waals surface area contributed by atoms with E-state index in [4.69, 9.17) is 16.3 Å². The molecular formula is C18H22ClN5O3S. The van der Waals surface area contributed by atoms with Gasteiger partial charge >= 0.3 is 0 Å². The number of aromatic nitrogens is 3. The summed E-state index contributed by atoms with van der Waals surface area (Å²) in [4.78, 5) is 26.2. The summed E-state index contributed by atoms with van der Waals surface area (Å²) in [6.45, 7) is 2.43. The fourth-order valence-corrected chi connectivity index (χ4v) is 3.74. The number of ether oxygens (including phenoxy) is 1. The van der Waals surface area contributed by atoms with Crippen LogP contribution in [0.2, 0.25) is 5.02 Å². The van der Waals surface area contributed by atoms with E-state index in [-0.39, 0.29) is 18.2 Å². The molecule has 8 nitrogen and oxygen atoms in total. The highest BCUT2D eigenvalue weighted by atomic mass is 35.5. The monoisotopic (exact) mass is 423 g/mol. The summed E-state index contributed by atoms with van der Waals surface area (Å²) in [7, 11) is 1.84. The van der Waals surface area contributed by atoms with E-state index in [2.05, 4.69) is 15.5 Å². The second-order valence-electron chi connectivity index (χ2n) is 6.27. The number of halogens is 1. The van der Waals surface area contributed by atoms with Crippen molar-refractivity contribution in [2.24, 2.45) is 7.05 Å². The number of hydrogen-bond donors (Lipinski definition) is 1. The molecule has 0 aliphatic carbocycles. The lowest BCUT2D eigenvalue weighted by Gasteiger charge is -2.26. The highest BCUT2D eigenvalue weighted by Gasteiger charge is 2.19. The van der Waals surface area contributed by atoms with Gasteiger partial charge in [-0.15, -0.1) is 10.2 Å². The van der Waals surface area contributed by atoms with Crippen molar-refractivity contribution in [1.29, 1.82) is 0 Å². The summed E-state index contributed by atoms with van der Waals surface area (Å²) >= 11 is 7.40. The van der Waals surface area contributed by atoms with Gasteiger partial charge in [-0.3, -0.25) is 9.59 Å². The van der Waals surface area contributed by atoms with Crippen molar-refractivity contribution in [3.8, 4) is 0 Å². The molecule has 10 heteroatoms.